The molecule has 0 bridgehead atoms. The molecule has 5 nitrogen and oxygen atoms in total. The summed E-state index contributed by atoms with van der Waals surface area (Å²) in [7, 11) is -3.45. The van der Waals surface area contributed by atoms with Gasteiger partial charge in [-0.25, -0.2) is 13.4 Å². The maximum absolute atomic E-state index is 12.8. The Hall–Kier alpha value is -1.66. The van der Waals surface area contributed by atoms with Crippen molar-refractivity contribution in [3.8, 4) is 0 Å². The molecule has 1 aliphatic rings. The number of imidazole rings is 1. The molecule has 0 saturated carbocycles. The molecular formula is C16H21N3O2S. The van der Waals surface area contributed by atoms with Crippen molar-refractivity contribution in [3.63, 3.8) is 0 Å². The predicted octanol–water partition coefficient (Wildman–Crippen LogP) is 2.52. The number of rotatable bonds is 3. The van der Waals surface area contributed by atoms with Gasteiger partial charge in [0.25, 0.3) is 0 Å². The molecule has 0 spiro atoms. The molecule has 6 heteroatoms. The smallest absolute Gasteiger partial charge is 0.243 e. The Labute approximate surface area is 131 Å². The minimum absolute atomic E-state index is 0.276. The second-order valence-electron chi connectivity index (χ2n) is 6.04. The highest BCUT2D eigenvalue weighted by molar-refractivity contribution is 7.89. The summed E-state index contributed by atoms with van der Waals surface area (Å²) in [5.41, 5.74) is 3.08. The normalized spacial score (nSPS) is 16.0. The lowest BCUT2D eigenvalue weighted by atomic mass is 10.2. The van der Waals surface area contributed by atoms with E-state index in [1.165, 1.54) is 0 Å². The molecule has 3 rings (SSSR count). The minimum atomic E-state index is -3.45. The SMILES string of the molecule is Cc1ccc(S(=O)(=O)N2CCc3ncn(C(C)C)c3C2)cc1. The summed E-state index contributed by atoms with van der Waals surface area (Å²) in [6.45, 7) is 6.98. The summed E-state index contributed by atoms with van der Waals surface area (Å²) in [5.74, 6) is 0. The van der Waals surface area contributed by atoms with Gasteiger partial charge in [0.15, 0.2) is 0 Å². The van der Waals surface area contributed by atoms with Crippen LogP contribution in [0.1, 0.15) is 36.8 Å². The van der Waals surface area contributed by atoms with Crippen molar-refractivity contribution >= 4 is 10.0 Å². The molecule has 1 aromatic carbocycles. The topological polar surface area (TPSA) is 55.2 Å². The Morgan fingerprint density at radius 3 is 2.50 bits per heavy atom. The van der Waals surface area contributed by atoms with Crippen LogP contribution >= 0.6 is 0 Å². The van der Waals surface area contributed by atoms with E-state index < -0.39 is 10.0 Å². The number of fused-ring (bicyclic) bond motifs is 1. The molecule has 0 fully saturated rings. The second-order valence-corrected chi connectivity index (χ2v) is 7.98. The molecule has 0 radical (unpaired) electrons. The van der Waals surface area contributed by atoms with Crippen LogP contribution in [0.2, 0.25) is 0 Å². The van der Waals surface area contributed by atoms with Crippen molar-refractivity contribution < 1.29 is 8.42 Å². The molecule has 2 aromatic rings. The Balaban J connectivity index is 1.93. The molecule has 1 aromatic heterocycles. The Morgan fingerprint density at radius 1 is 1.18 bits per heavy atom. The van der Waals surface area contributed by atoms with Gasteiger partial charge in [-0.3, -0.25) is 0 Å². The second kappa shape index (κ2) is 5.52. The molecule has 2 heterocycles. The van der Waals surface area contributed by atoms with Crippen molar-refractivity contribution in [2.75, 3.05) is 6.54 Å². The van der Waals surface area contributed by atoms with E-state index in [0.29, 0.717) is 24.4 Å². The monoisotopic (exact) mass is 319 g/mol. The average Bonchev–Trinajstić information content (AvgIpc) is 2.90. The van der Waals surface area contributed by atoms with Crippen molar-refractivity contribution in [1.29, 1.82) is 0 Å². The number of nitrogens with zero attached hydrogens (tertiary/aromatic N) is 3. The van der Waals surface area contributed by atoms with E-state index in [-0.39, 0.29) is 6.04 Å². The summed E-state index contributed by atoms with van der Waals surface area (Å²) >= 11 is 0. The van der Waals surface area contributed by atoms with Crippen molar-refractivity contribution in [1.82, 2.24) is 13.9 Å². The number of hydrogen-bond acceptors (Lipinski definition) is 3. The highest BCUT2D eigenvalue weighted by Crippen LogP contribution is 2.26. The summed E-state index contributed by atoms with van der Waals surface area (Å²) in [6, 6.07) is 7.31. The molecule has 0 atom stereocenters. The summed E-state index contributed by atoms with van der Waals surface area (Å²) < 4.78 is 29.2. The Kier molecular flexibility index (Phi) is 3.82. The van der Waals surface area contributed by atoms with Crippen LogP contribution in [-0.4, -0.2) is 28.8 Å². The third kappa shape index (κ3) is 2.57. The lowest BCUT2D eigenvalue weighted by molar-refractivity contribution is 0.372. The summed E-state index contributed by atoms with van der Waals surface area (Å²) in [4.78, 5) is 4.78. The first-order valence-corrected chi connectivity index (χ1v) is 8.95. The molecule has 0 saturated heterocycles. The van der Waals surface area contributed by atoms with Crippen LogP contribution in [-0.2, 0) is 23.0 Å². The van der Waals surface area contributed by atoms with Crippen LogP contribution in [0, 0.1) is 6.92 Å². The molecular weight excluding hydrogens is 298 g/mol. The van der Waals surface area contributed by atoms with E-state index in [9.17, 15) is 8.42 Å². The van der Waals surface area contributed by atoms with Crippen LogP contribution < -0.4 is 0 Å². The van der Waals surface area contributed by atoms with E-state index >= 15 is 0 Å². The van der Waals surface area contributed by atoms with Gasteiger partial charge >= 0.3 is 0 Å². The molecule has 0 N–H and O–H groups in total. The Morgan fingerprint density at radius 2 is 1.86 bits per heavy atom. The van der Waals surface area contributed by atoms with Crippen molar-refractivity contribution in [2.24, 2.45) is 0 Å². The first-order chi connectivity index (χ1) is 10.4. The van der Waals surface area contributed by atoms with Gasteiger partial charge in [0, 0.05) is 19.0 Å². The molecule has 118 valence electrons. The van der Waals surface area contributed by atoms with Gasteiger partial charge in [-0.05, 0) is 32.9 Å². The van der Waals surface area contributed by atoms with Gasteiger partial charge in [-0.2, -0.15) is 4.31 Å². The third-order valence-corrected chi connectivity index (χ3v) is 5.98. The number of benzene rings is 1. The number of aryl methyl sites for hydroxylation is 1. The van der Waals surface area contributed by atoms with Crippen LogP contribution in [0.5, 0.6) is 0 Å². The third-order valence-electron chi connectivity index (χ3n) is 4.12. The lowest BCUT2D eigenvalue weighted by Gasteiger charge is -2.27. The first-order valence-electron chi connectivity index (χ1n) is 7.51. The maximum atomic E-state index is 12.8. The van der Waals surface area contributed by atoms with E-state index in [1.807, 2.05) is 25.4 Å². The number of aromatic nitrogens is 2. The van der Waals surface area contributed by atoms with E-state index in [1.54, 1.807) is 16.4 Å². The average molecular weight is 319 g/mol. The van der Waals surface area contributed by atoms with Gasteiger partial charge in [0.2, 0.25) is 10.0 Å². The van der Waals surface area contributed by atoms with Crippen molar-refractivity contribution in [2.45, 2.75) is 44.7 Å². The first kappa shape index (κ1) is 15.2. The van der Waals surface area contributed by atoms with E-state index in [4.69, 9.17) is 0 Å². The number of sulfonamides is 1. The van der Waals surface area contributed by atoms with Crippen LogP contribution in [0.4, 0.5) is 0 Å². The fourth-order valence-electron chi connectivity index (χ4n) is 2.79. The summed E-state index contributed by atoms with van der Waals surface area (Å²) in [6.07, 6.45) is 2.48. The van der Waals surface area contributed by atoms with E-state index in [2.05, 4.69) is 23.4 Å². The molecule has 0 aliphatic carbocycles. The van der Waals surface area contributed by atoms with Crippen LogP contribution in [0.15, 0.2) is 35.5 Å². The fraction of sp³-hybridized carbons (Fsp3) is 0.438. The maximum Gasteiger partial charge on any atom is 0.243 e. The van der Waals surface area contributed by atoms with Gasteiger partial charge in [0.1, 0.15) is 0 Å². The predicted molar refractivity (Wildman–Crippen MR) is 85.1 cm³/mol. The number of hydrogen-bond donors (Lipinski definition) is 0. The molecule has 22 heavy (non-hydrogen) atoms. The lowest BCUT2D eigenvalue weighted by Crippen LogP contribution is -2.36. The highest BCUT2D eigenvalue weighted by atomic mass is 32.2. The zero-order chi connectivity index (χ0) is 15.9. The summed E-state index contributed by atoms with van der Waals surface area (Å²) in [5, 5.41) is 0. The zero-order valence-corrected chi connectivity index (χ0v) is 14.0. The van der Waals surface area contributed by atoms with E-state index in [0.717, 1.165) is 17.0 Å². The fourth-order valence-corrected chi connectivity index (χ4v) is 4.20. The Bertz CT molecular complexity index is 776. The minimum Gasteiger partial charge on any atom is -0.331 e. The largest absolute Gasteiger partial charge is 0.331 e. The highest BCUT2D eigenvalue weighted by Gasteiger charge is 2.30. The molecule has 1 aliphatic heterocycles. The molecule has 0 unspecified atom stereocenters. The van der Waals surface area contributed by atoms with Gasteiger partial charge in [-0.15, -0.1) is 0 Å². The quantitative estimate of drug-likeness (QED) is 0.873. The van der Waals surface area contributed by atoms with Crippen LogP contribution in [0.25, 0.3) is 0 Å². The van der Waals surface area contributed by atoms with Gasteiger partial charge in [-0.1, -0.05) is 17.7 Å². The molecule has 0 amide bonds. The standard InChI is InChI=1S/C16H21N3O2S/c1-12(2)19-11-17-15-8-9-18(10-16(15)19)22(20,21)14-6-4-13(3)5-7-14/h4-7,11-12H,8-10H2,1-3H3. The van der Waals surface area contributed by atoms with Crippen molar-refractivity contribution in [3.05, 3.63) is 47.5 Å². The zero-order valence-electron chi connectivity index (χ0n) is 13.2. The van der Waals surface area contributed by atoms with Gasteiger partial charge < -0.3 is 4.57 Å². The van der Waals surface area contributed by atoms with Gasteiger partial charge in [0.05, 0.1) is 29.2 Å². The van der Waals surface area contributed by atoms with Crippen LogP contribution in [0.3, 0.4) is 0 Å².